The number of imidazole rings is 1. The van der Waals surface area contributed by atoms with Crippen LogP contribution in [-0.4, -0.2) is 44.5 Å². The Labute approximate surface area is 220 Å². The van der Waals surface area contributed by atoms with Crippen LogP contribution in [0.15, 0.2) is 71.9 Å². The molecule has 0 fully saturated rings. The van der Waals surface area contributed by atoms with E-state index in [9.17, 15) is 14.4 Å². The third-order valence-electron chi connectivity index (χ3n) is 5.99. The van der Waals surface area contributed by atoms with E-state index in [0.29, 0.717) is 29.0 Å². The van der Waals surface area contributed by atoms with Gasteiger partial charge in [0.15, 0.2) is 0 Å². The van der Waals surface area contributed by atoms with Crippen molar-refractivity contribution in [3.63, 3.8) is 0 Å². The Hall–Kier alpha value is -4.86. The van der Waals surface area contributed by atoms with Crippen molar-refractivity contribution >= 4 is 46.0 Å². The first kappa shape index (κ1) is 26.2. The Balaban J connectivity index is 1.52. The molecule has 2 amide bonds. The van der Waals surface area contributed by atoms with E-state index in [4.69, 9.17) is 10.7 Å². The molecule has 0 aliphatic carbocycles. The van der Waals surface area contributed by atoms with Gasteiger partial charge >= 0.3 is 0 Å². The number of hydrogen-bond acceptors (Lipinski definition) is 6. The maximum Gasteiger partial charge on any atom is 0.259 e. The average Bonchev–Trinajstić information content (AvgIpc) is 3.22. The molecule has 0 saturated carbocycles. The van der Waals surface area contributed by atoms with Gasteiger partial charge in [-0.05, 0) is 61.5 Å². The number of carbonyl (C=O) groups is 3. The zero-order valence-corrected chi connectivity index (χ0v) is 21.5. The first-order chi connectivity index (χ1) is 18.2. The van der Waals surface area contributed by atoms with Crippen molar-refractivity contribution in [2.45, 2.75) is 26.8 Å². The van der Waals surface area contributed by atoms with Gasteiger partial charge in [0.2, 0.25) is 5.91 Å². The lowest BCUT2D eigenvalue weighted by atomic mass is 10.1. The third-order valence-corrected chi connectivity index (χ3v) is 5.99. The molecule has 2 heterocycles. The number of rotatable bonds is 9. The summed E-state index contributed by atoms with van der Waals surface area (Å²) in [5.74, 6) is 0.849. The Bertz CT molecular complexity index is 1510. The number of nitrogens with two attached hydrogens (primary N) is 1. The van der Waals surface area contributed by atoms with Crippen LogP contribution < -0.4 is 16.0 Å². The Morgan fingerprint density at radius 3 is 2.42 bits per heavy atom. The molecule has 2 aromatic heterocycles. The fourth-order valence-electron chi connectivity index (χ4n) is 3.97. The van der Waals surface area contributed by atoms with Gasteiger partial charge in [0.1, 0.15) is 23.3 Å². The van der Waals surface area contributed by atoms with E-state index in [2.05, 4.69) is 15.3 Å². The SMILES string of the molecule is CC(=O)CCN(C(=O)c1ccc2c(c1)nc(CNc1ccc(/C(N)=N\C(C)=O)cc1)n2C)c1ccccn1. The van der Waals surface area contributed by atoms with Crippen LogP contribution in [-0.2, 0) is 23.2 Å². The fraction of sp³-hybridized carbons (Fsp3) is 0.214. The highest BCUT2D eigenvalue weighted by atomic mass is 16.2. The van der Waals surface area contributed by atoms with Crippen LogP contribution in [0.1, 0.15) is 42.0 Å². The third kappa shape index (κ3) is 6.09. The molecule has 10 heteroatoms. The van der Waals surface area contributed by atoms with Crippen LogP contribution in [0.3, 0.4) is 0 Å². The summed E-state index contributed by atoms with van der Waals surface area (Å²) in [4.78, 5) is 50.5. The molecule has 0 radical (unpaired) electrons. The molecule has 3 N–H and O–H groups in total. The number of amidine groups is 1. The van der Waals surface area contributed by atoms with E-state index < -0.39 is 0 Å². The van der Waals surface area contributed by atoms with E-state index >= 15 is 0 Å². The molecule has 194 valence electrons. The summed E-state index contributed by atoms with van der Waals surface area (Å²) >= 11 is 0. The number of pyridine rings is 1. The number of benzene rings is 2. The molecule has 10 nitrogen and oxygen atoms in total. The lowest BCUT2D eigenvalue weighted by Gasteiger charge is -2.21. The van der Waals surface area contributed by atoms with Crippen LogP contribution in [0, 0.1) is 0 Å². The Kier molecular flexibility index (Phi) is 7.91. The summed E-state index contributed by atoms with van der Waals surface area (Å²) in [6.07, 6.45) is 1.86. The number of Topliss-reactive ketones (excluding diaryl/α,β-unsaturated/α-hetero) is 1. The minimum atomic E-state index is -0.350. The van der Waals surface area contributed by atoms with Crippen LogP contribution >= 0.6 is 0 Å². The molecule has 38 heavy (non-hydrogen) atoms. The average molecular weight is 512 g/mol. The molecule has 0 saturated heterocycles. The Morgan fingerprint density at radius 1 is 1.03 bits per heavy atom. The Morgan fingerprint density at radius 2 is 1.76 bits per heavy atom. The van der Waals surface area contributed by atoms with Crippen LogP contribution in [0.4, 0.5) is 11.5 Å². The minimum absolute atomic E-state index is 0.00153. The van der Waals surface area contributed by atoms with Gasteiger partial charge in [0.25, 0.3) is 5.91 Å². The number of anilines is 2. The monoisotopic (exact) mass is 511 g/mol. The minimum Gasteiger partial charge on any atom is -0.383 e. The largest absolute Gasteiger partial charge is 0.383 e. The van der Waals surface area contributed by atoms with Gasteiger partial charge in [-0.2, -0.15) is 4.99 Å². The summed E-state index contributed by atoms with van der Waals surface area (Å²) in [7, 11) is 1.92. The van der Waals surface area contributed by atoms with Crippen molar-refractivity contribution in [2.75, 3.05) is 16.8 Å². The van der Waals surface area contributed by atoms with E-state index in [1.807, 2.05) is 29.8 Å². The normalized spacial score (nSPS) is 11.4. The summed E-state index contributed by atoms with van der Waals surface area (Å²) in [6, 6.07) is 18.0. The van der Waals surface area contributed by atoms with Gasteiger partial charge in [-0.15, -0.1) is 0 Å². The number of nitrogens with zero attached hydrogens (tertiary/aromatic N) is 5. The number of aryl methyl sites for hydroxylation is 1. The van der Waals surface area contributed by atoms with Gasteiger partial charge in [-0.3, -0.25) is 19.3 Å². The zero-order chi connectivity index (χ0) is 27.2. The highest BCUT2D eigenvalue weighted by Gasteiger charge is 2.20. The van der Waals surface area contributed by atoms with Gasteiger partial charge in [-0.25, -0.2) is 9.97 Å². The predicted octanol–water partition coefficient (Wildman–Crippen LogP) is 3.46. The molecule has 0 aliphatic heterocycles. The molecule has 0 aliphatic rings. The summed E-state index contributed by atoms with van der Waals surface area (Å²) in [5.41, 5.74) is 9.38. The number of ketones is 1. The molecule has 0 bridgehead atoms. The lowest BCUT2D eigenvalue weighted by molar-refractivity contribution is -0.117. The smallest absolute Gasteiger partial charge is 0.259 e. The van der Waals surface area contributed by atoms with Gasteiger partial charge < -0.3 is 15.6 Å². The van der Waals surface area contributed by atoms with Gasteiger partial charge in [-0.1, -0.05) is 6.07 Å². The van der Waals surface area contributed by atoms with E-state index in [-0.39, 0.29) is 36.4 Å². The van der Waals surface area contributed by atoms with Crippen LogP contribution in [0.5, 0.6) is 0 Å². The molecule has 0 spiro atoms. The summed E-state index contributed by atoms with van der Waals surface area (Å²) in [5, 5.41) is 3.33. The highest BCUT2D eigenvalue weighted by molar-refractivity contribution is 6.07. The van der Waals surface area contributed by atoms with Gasteiger partial charge in [0, 0.05) is 49.9 Å². The predicted molar refractivity (Wildman–Crippen MR) is 147 cm³/mol. The highest BCUT2D eigenvalue weighted by Crippen LogP contribution is 2.21. The zero-order valence-electron chi connectivity index (χ0n) is 21.5. The number of aliphatic imine (C=N–C) groups is 1. The summed E-state index contributed by atoms with van der Waals surface area (Å²) in [6.45, 7) is 3.54. The number of fused-ring (bicyclic) bond motifs is 1. The molecule has 4 rings (SSSR count). The van der Waals surface area contributed by atoms with E-state index in [1.165, 1.54) is 18.7 Å². The molecule has 0 atom stereocenters. The second-order valence-corrected chi connectivity index (χ2v) is 8.83. The number of aromatic nitrogens is 3. The van der Waals surface area contributed by atoms with Crippen molar-refractivity contribution in [3.8, 4) is 0 Å². The second kappa shape index (κ2) is 11.5. The van der Waals surface area contributed by atoms with Crippen molar-refractivity contribution in [3.05, 3.63) is 83.8 Å². The number of amides is 2. The number of carbonyl (C=O) groups excluding carboxylic acids is 3. The molecular formula is C28H29N7O3. The number of nitrogens with one attached hydrogen (secondary N) is 1. The quantitative estimate of drug-likeness (QED) is 0.259. The van der Waals surface area contributed by atoms with Crippen LogP contribution in [0.2, 0.25) is 0 Å². The maximum atomic E-state index is 13.4. The van der Waals surface area contributed by atoms with Gasteiger partial charge in [0.05, 0.1) is 17.6 Å². The van der Waals surface area contributed by atoms with Crippen molar-refractivity contribution in [1.29, 1.82) is 0 Å². The van der Waals surface area contributed by atoms with E-state index in [1.54, 1.807) is 48.7 Å². The molecule has 2 aromatic carbocycles. The van der Waals surface area contributed by atoms with Crippen LogP contribution in [0.25, 0.3) is 11.0 Å². The van der Waals surface area contributed by atoms with Crippen molar-refractivity contribution in [1.82, 2.24) is 14.5 Å². The van der Waals surface area contributed by atoms with E-state index in [0.717, 1.165) is 17.0 Å². The molecule has 0 unspecified atom stereocenters. The molecule has 4 aromatic rings. The first-order valence-corrected chi connectivity index (χ1v) is 12.1. The number of hydrogen-bond donors (Lipinski definition) is 2. The second-order valence-electron chi connectivity index (χ2n) is 8.83. The fourth-order valence-corrected chi connectivity index (χ4v) is 3.97. The van der Waals surface area contributed by atoms with Crippen molar-refractivity contribution in [2.24, 2.45) is 17.8 Å². The lowest BCUT2D eigenvalue weighted by Crippen LogP contribution is -2.33. The molecular weight excluding hydrogens is 482 g/mol. The standard InChI is InChI=1S/C28H29N7O3/c1-18(36)13-15-35(25-6-4-5-14-30-25)28(38)21-9-12-24-23(16-21)33-26(34(24)3)17-31-22-10-7-20(8-11-22)27(29)32-19(2)37/h4-12,14,16,31H,13,15,17H2,1-3H3,(H2,29,32,37). The maximum absolute atomic E-state index is 13.4. The first-order valence-electron chi connectivity index (χ1n) is 12.1. The topological polar surface area (TPSA) is 136 Å². The summed E-state index contributed by atoms with van der Waals surface area (Å²) < 4.78 is 1.97. The van der Waals surface area contributed by atoms with Crippen molar-refractivity contribution < 1.29 is 14.4 Å².